The Hall–Kier alpha value is -2.37. The van der Waals surface area contributed by atoms with E-state index in [1.54, 1.807) is 7.11 Å². The molecule has 5 heteroatoms. The standard InChI is InChI=1S/C19H21N3O2/c1-23-19-5-2-14(13-22-6-8-24-9-7-22)10-17(19)15-3-4-18-16(11-15)12-20-21-18/h2-5,10-12H,6-9,13H2,1H3,(H,20,21). The fraction of sp³-hybridized carbons (Fsp3) is 0.316. The Morgan fingerprint density at radius 3 is 2.88 bits per heavy atom. The van der Waals surface area contributed by atoms with Crippen LogP contribution in [0.3, 0.4) is 0 Å². The maximum absolute atomic E-state index is 5.58. The number of aromatic nitrogens is 2. The quantitative estimate of drug-likeness (QED) is 0.802. The first-order valence-electron chi connectivity index (χ1n) is 8.24. The third kappa shape index (κ3) is 3.00. The minimum Gasteiger partial charge on any atom is -0.496 e. The Morgan fingerprint density at radius 1 is 1.17 bits per heavy atom. The van der Waals surface area contributed by atoms with Crippen LogP contribution in [-0.2, 0) is 11.3 Å². The number of hydrogen-bond donors (Lipinski definition) is 1. The van der Waals surface area contributed by atoms with E-state index in [1.807, 2.05) is 6.20 Å². The van der Waals surface area contributed by atoms with Crippen LogP contribution in [0.5, 0.6) is 5.75 Å². The molecule has 2 aromatic carbocycles. The van der Waals surface area contributed by atoms with Gasteiger partial charge in [0.1, 0.15) is 5.75 Å². The lowest BCUT2D eigenvalue weighted by Gasteiger charge is -2.26. The molecule has 0 amide bonds. The van der Waals surface area contributed by atoms with Crippen molar-refractivity contribution in [3.8, 4) is 16.9 Å². The summed E-state index contributed by atoms with van der Waals surface area (Å²) in [5.41, 5.74) is 4.60. The second-order valence-electron chi connectivity index (χ2n) is 6.10. The number of benzene rings is 2. The van der Waals surface area contributed by atoms with Crippen molar-refractivity contribution in [1.29, 1.82) is 0 Å². The van der Waals surface area contributed by atoms with Crippen molar-refractivity contribution in [2.24, 2.45) is 0 Å². The third-order valence-electron chi connectivity index (χ3n) is 4.52. The monoisotopic (exact) mass is 323 g/mol. The van der Waals surface area contributed by atoms with Crippen molar-refractivity contribution in [1.82, 2.24) is 15.1 Å². The fourth-order valence-electron chi connectivity index (χ4n) is 3.21. The summed E-state index contributed by atoms with van der Waals surface area (Å²) in [6.45, 7) is 4.55. The molecule has 0 atom stereocenters. The molecule has 124 valence electrons. The van der Waals surface area contributed by atoms with Gasteiger partial charge in [-0.3, -0.25) is 10.00 Å². The van der Waals surface area contributed by atoms with Gasteiger partial charge in [0.25, 0.3) is 0 Å². The molecule has 1 N–H and O–H groups in total. The summed E-state index contributed by atoms with van der Waals surface area (Å²) in [6, 6.07) is 12.8. The lowest BCUT2D eigenvalue weighted by atomic mass is 10.0. The zero-order valence-corrected chi connectivity index (χ0v) is 13.8. The fourth-order valence-corrected chi connectivity index (χ4v) is 3.21. The third-order valence-corrected chi connectivity index (χ3v) is 4.52. The predicted octanol–water partition coefficient (Wildman–Crippen LogP) is 3.07. The molecule has 2 heterocycles. The topological polar surface area (TPSA) is 50.4 Å². The van der Waals surface area contributed by atoms with Gasteiger partial charge in [0.2, 0.25) is 0 Å². The highest BCUT2D eigenvalue weighted by molar-refractivity contribution is 5.85. The number of rotatable bonds is 4. The van der Waals surface area contributed by atoms with Crippen LogP contribution in [0, 0.1) is 0 Å². The van der Waals surface area contributed by atoms with E-state index in [4.69, 9.17) is 9.47 Å². The van der Waals surface area contributed by atoms with E-state index in [-0.39, 0.29) is 0 Å². The molecular weight excluding hydrogens is 302 g/mol. The summed E-state index contributed by atoms with van der Waals surface area (Å²) in [6.07, 6.45) is 1.85. The van der Waals surface area contributed by atoms with E-state index in [2.05, 4.69) is 51.5 Å². The first-order valence-corrected chi connectivity index (χ1v) is 8.24. The summed E-state index contributed by atoms with van der Waals surface area (Å²) in [5, 5.41) is 8.20. The Bertz CT molecular complexity index is 837. The van der Waals surface area contributed by atoms with Gasteiger partial charge in [0.15, 0.2) is 0 Å². The first-order chi connectivity index (χ1) is 11.8. The van der Waals surface area contributed by atoms with Gasteiger partial charge >= 0.3 is 0 Å². The average Bonchev–Trinajstić information content (AvgIpc) is 3.10. The maximum Gasteiger partial charge on any atom is 0.126 e. The highest BCUT2D eigenvalue weighted by atomic mass is 16.5. The Kier molecular flexibility index (Phi) is 4.19. The number of hydrogen-bond acceptors (Lipinski definition) is 4. The first kappa shape index (κ1) is 15.2. The highest BCUT2D eigenvalue weighted by Gasteiger charge is 2.13. The lowest BCUT2D eigenvalue weighted by molar-refractivity contribution is 0.0342. The van der Waals surface area contributed by atoms with Crippen molar-refractivity contribution in [2.45, 2.75) is 6.54 Å². The van der Waals surface area contributed by atoms with E-state index >= 15 is 0 Å². The zero-order chi connectivity index (χ0) is 16.4. The minimum atomic E-state index is 0.820. The van der Waals surface area contributed by atoms with Gasteiger partial charge in [-0.2, -0.15) is 5.10 Å². The molecule has 1 aliphatic heterocycles. The molecule has 0 radical (unpaired) electrons. The van der Waals surface area contributed by atoms with Crippen LogP contribution in [0.15, 0.2) is 42.6 Å². The molecular formula is C19H21N3O2. The number of H-pyrrole nitrogens is 1. The summed E-state index contributed by atoms with van der Waals surface area (Å²) >= 11 is 0. The van der Waals surface area contributed by atoms with E-state index in [0.29, 0.717) is 0 Å². The van der Waals surface area contributed by atoms with Crippen molar-refractivity contribution >= 4 is 10.9 Å². The molecule has 24 heavy (non-hydrogen) atoms. The number of fused-ring (bicyclic) bond motifs is 1. The molecule has 3 aromatic rings. The molecule has 1 aliphatic rings. The van der Waals surface area contributed by atoms with Crippen LogP contribution in [0.4, 0.5) is 0 Å². The van der Waals surface area contributed by atoms with E-state index < -0.39 is 0 Å². The zero-order valence-electron chi connectivity index (χ0n) is 13.8. The van der Waals surface area contributed by atoms with Gasteiger partial charge in [-0.25, -0.2) is 0 Å². The molecule has 0 saturated carbocycles. The van der Waals surface area contributed by atoms with Crippen molar-refractivity contribution in [2.75, 3.05) is 33.4 Å². The molecule has 1 fully saturated rings. The number of aromatic amines is 1. The molecule has 0 spiro atoms. The molecule has 5 nitrogen and oxygen atoms in total. The largest absolute Gasteiger partial charge is 0.496 e. The van der Waals surface area contributed by atoms with E-state index in [1.165, 1.54) is 5.56 Å². The molecule has 0 bridgehead atoms. The van der Waals surface area contributed by atoms with Gasteiger partial charge in [0, 0.05) is 30.6 Å². The van der Waals surface area contributed by atoms with Gasteiger partial charge in [0.05, 0.1) is 32.0 Å². The van der Waals surface area contributed by atoms with Crippen LogP contribution in [-0.4, -0.2) is 48.5 Å². The van der Waals surface area contributed by atoms with Crippen LogP contribution in [0.1, 0.15) is 5.56 Å². The lowest BCUT2D eigenvalue weighted by Crippen LogP contribution is -2.35. The number of nitrogens with one attached hydrogen (secondary N) is 1. The Morgan fingerprint density at radius 2 is 2.04 bits per heavy atom. The molecule has 0 unspecified atom stereocenters. The minimum absolute atomic E-state index is 0.820. The smallest absolute Gasteiger partial charge is 0.126 e. The Balaban J connectivity index is 1.68. The SMILES string of the molecule is COc1ccc(CN2CCOCC2)cc1-c1ccc2[nH]ncc2c1. The van der Waals surface area contributed by atoms with Gasteiger partial charge in [-0.1, -0.05) is 12.1 Å². The van der Waals surface area contributed by atoms with Crippen LogP contribution < -0.4 is 4.74 Å². The molecule has 0 aliphatic carbocycles. The van der Waals surface area contributed by atoms with Gasteiger partial charge in [-0.05, 0) is 35.4 Å². The average molecular weight is 323 g/mol. The number of methoxy groups -OCH3 is 1. The van der Waals surface area contributed by atoms with Gasteiger partial charge < -0.3 is 9.47 Å². The van der Waals surface area contributed by atoms with Crippen LogP contribution in [0.2, 0.25) is 0 Å². The number of ether oxygens (including phenoxy) is 2. The maximum atomic E-state index is 5.58. The summed E-state index contributed by atoms with van der Waals surface area (Å²) in [4.78, 5) is 2.42. The van der Waals surface area contributed by atoms with Crippen molar-refractivity contribution in [3.63, 3.8) is 0 Å². The van der Waals surface area contributed by atoms with Crippen molar-refractivity contribution < 1.29 is 9.47 Å². The second-order valence-corrected chi connectivity index (χ2v) is 6.10. The van der Waals surface area contributed by atoms with Crippen molar-refractivity contribution in [3.05, 3.63) is 48.2 Å². The van der Waals surface area contributed by atoms with E-state index in [9.17, 15) is 0 Å². The highest BCUT2D eigenvalue weighted by Crippen LogP contribution is 2.33. The second kappa shape index (κ2) is 6.63. The number of nitrogens with zero attached hydrogens (tertiary/aromatic N) is 2. The summed E-state index contributed by atoms with van der Waals surface area (Å²) in [7, 11) is 1.72. The Labute approximate surface area is 141 Å². The molecule has 1 aromatic heterocycles. The molecule has 4 rings (SSSR count). The van der Waals surface area contributed by atoms with E-state index in [0.717, 1.165) is 60.6 Å². The van der Waals surface area contributed by atoms with Crippen LogP contribution >= 0.6 is 0 Å². The normalized spacial score (nSPS) is 15.7. The summed E-state index contributed by atoms with van der Waals surface area (Å²) in [5.74, 6) is 0.892. The van der Waals surface area contributed by atoms with Gasteiger partial charge in [-0.15, -0.1) is 0 Å². The molecule has 1 saturated heterocycles. The van der Waals surface area contributed by atoms with Crippen LogP contribution in [0.25, 0.3) is 22.0 Å². The number of morpholine rings is 1. The summed E-state index contributed by atoms with van der Waals surface area (Å²) < 4.78 is 11.0. The predicted molar refractivity (Wildman–Crippen MR) is 94.2 cm³/mol.